The van der Waals surface area contributed by atoms with Crippen LogP contribution in [0.15, 0.2) is 48.5 Å². The van der Waals surface area contributed by atoms with Gasteiger partial charge in [-0.2, -0.15) is 0 Å². The van der Waals surface area contributed by atoms with Gasteiger partial charge < -0.3 is 5.11 Å². The predicted octanol–water partition coefficient (Wildman–Crippen LogP) is 3.57. The molecule has 0 bridgehead atoms. The first-order chi connectivity index (χ1) is 9.63. The van der Waals surface area contributed by atoms with Gasteiger partial charge in [0.05, 0.1) is 0 Å². The summed E-state index contributed by atoms with van der Waals surface area (Å²) in [5.74, 6) is 3.26. The van der Waals surface area contributed by atoms with Crippen molar-refractivity contribution >= 4 is 27.5 Å². The largest absolute Gasteiger partial charge is 0.472 e. The monoisotopic (exact) mass is 264 g/mol. The zero-order chi connectivity index (χ0) is 14.1. The Morgan fingerprint density at radius 3 is 2.30 bits per heavy atom. The van der Waals surface area contributed by atoms with Crippen LogP contribution in [-0.2, 0) is 4.79 Å². The average molecular weight is 264 g/mol. The number of rotatable bonds is 0. The number of fused-ring (bicyclic) bond motifs is 3. The Morgan fingerprint density at radius 2 is 1.60 bits per heavy atom. The van der Waals surface area contributed by atoms with Crippen LogP contribution in [0.2, 0.25) is 0 Å². The number of hydrogen-bond acceptors (Lipinski definition) is 1. The van der Waals surface area contributed by atoms with E-state index in [1.807, 2.05) is 24.3 Å². The third-order valence-electron chi connectivity index (χ3n) is 3.11. The maximum absolute atomic E-state index is 13.2. The van der Waals surface area contributed by atoms with Crippen molar-refractivity contribution in [2.24, 2.45) is 0 Å². The highest BCUT2D eigenvalue weighted by Gasteiger charge is 2.02. The van der Waals surface area contributed by atoms with Gasteiger partial charge in [-0.1, -0.05) is 30.2 Å². The van der Waals surface area contributed by atoms with Crippen LogP contribution < -0.4 is 0 Å². The molecule has 0 fully saturated rings. The SMILES string of the molecule is O=C(O)C#Cc1ccc2c(ccc3cc(F)ccc32)c1. The smallest absolute Gasteiger partial charge is 0.382 e. The van der Waals surface area contributed by atoms with Crippen molar-refractivity contribution in [1.29, 1.82) is 0 Å². The minimum atomic E-state index is -1.15. The van der Waals surface area contributed by atoms with Gasteiger partial charge in [-0.25, -0.2) is 9.18 Å². The van der Waals surface area contributed by atoms with Gasteiger partial charge in [0.1, 0.15) is 5.82 Å². The molecule has 0 radical (unpaired) electrons. The van der Waals surface area contributed by atoms with Crippen LogP contribution >= 0.6 is 0 Å². The topological polar surface area (TPSA) is 37.3 Å². The number of carbonyl (C=O) groups is 1. The minimum Gasteiger partial charge on any atom is -0.472 e. The first-order valence-corrected chi connectivity index (χ1v) is 6.00. The average Bonchev–Trinajstić information content (AvgIpc) is 2.44. The molecule has 0 spiro atoms. The van der Waals surface area contributed by atoms with E-state index in [1.165, 1.54) is 12.1 Å². The third kappa shape index (κ3) is 2.19. The Morgan fingerprint density at radius 1 is 0.950 bits per heavy atom. The molecule has 96 valence electrons. The zero-order valence-corrected chi connectivity index (χ0v) is 10.4. The van der Waals surface area contributed by atoms with Crippen molar-refractivity contribution < 1.29 is 14.3 Å². The summed E-state index contributed by atoms with van der Waals surface area (Å²) in [5, 5.41) is 12.3. The highest BCUT2D eigenvalue weighted by molar-refractivity contribution is 6.07. The highest BCUT2D eigenvalue weighted by atomic mass is 19.1. The quantitative estimate of drug-likeness (QED) is 0.498. The van der Waals surface area contributed by atoms with Crippen LogP contribution in [0.1, 0.15) is 5.56 Å². The number of hydrogen-bond donors (Lipinski definition) is 1. The molecule has 0 heterocycles. The van der Waals surface area contributed by atoms with Gasteiger partial charge in [0.2, 0.25) is 0 Å². The fourth-order valence-electron chi connectivity index (χ4n) is 2.25. The van der Waals surface area contributed by atoms with Gasteiger partial charge in [-0.3, -0.25) is 0 Å². The van der Waals surface area contributed by atoms with E-state index in [9.17, 15) is 9.18 Å². The number of benzene rings is 3. The van der Waals surface area contributed by atoms with Crippen LogP contribution in [0.4, 0.5) is 4.39 Å². The second kappa shape index (κ2) is 4.67. The summed E-state index contributed by atoms with van der Waals surface area (Å²) in [7, 11) is 0. The van der Waals surface area contributed by atoms with E-state index in [1.54, 1.807) is 12.1 Å². The number of carboxylic acid groups (broad SMARTS) is 1. The van der Waals surface area contributed by atoms with Gasteiger partial charge in [-0.05, 0) is 45.8 Å². The lowest BCUT2D eigenvalue weighted by Gasteiger charge is -2.04. The lowest BCUT2D eigenvalue weighted by atomic mass is 10.0. The normalized spacial score (nSPS) is 10.2. The van der Waals surface area contributed by atoms with Crippen LogP contribution in [-0.4, -0.2) is 11.1 Å². The molecule has 3 aromatic carbocycles. The van der Waals surface area contributed by atoms with Crippen molar-refractivity contribution in [3.63, 3.8) is 0 Å². The van der Waals surface area contributed by atoms with Gasteiger partial charge in [0, 0.05) is 11.5 Å². The third-order valence-corrected chi connectivity index (χ3v) is 3.11. The van der Waals surface area contributed by atoms with Crippen LogP contribution in [0.3, 0.4) is 0 Å². The Hall–Kier alpha value is -2.86. The standard InChI is InChI=1S/C17H9FO2/c18-14-5-7-16-13(10-14)4-3-12-9-11(1-6-15(12)16)2-8-17(19)20/h1,3-7,9-10H,(H,19,20). The van der Waals surface area contributed by atoms with Crippen LogP contribution in [0.5, 0.6) is 0 Å². The second-order valence-electron chi connectivity index (χ2n) is 4.42. The van der Waals surface area contributed by atoms with Crippen LogP contribution in [0, 0.1) is 17.7 Å². The van der Waals surface area contributed by atoms with E-state index in [4.69, 9.17) is 5.11 Å². The van der Waals surface area contributed by atoms with E-state index >= 15 is 0 Å². The Kier molecular flexibility index (Phi) is 2.85. The molecule has 2 nitrogen and oxygen atoms in total. The van der Waals surface area contributed by atoms with Crippen molar-refractivity contribution in [2.75, 3.05) is 0 Å². The molecule has 0 saturated heterocycles. The van der Waals surface area contributed by atoms with Crippen molar-refractivity contribution in [2.45, 2.75) is 0 Å². The molecule has 3 aromatic rings. The molecule has 0 aliphatic carbocycles. The van der Waals surface area contributed by atoms with E-state index in [0.29, 0.717) is 5.56 Å². The lowest BCUT2D eigenvalue weighted by molar-refractivity contribution is -0.130. The molecule has 3 rings (SSSR count). The van der Waals surface area contributed by atoms with Gasteiger partial charge >= 0.3 is 5.97 Å². The minimum absolute atomic E-state index is 0.263. The van der Waals surface area contributed by atoms with Gasteiger partial charge in [0.15, 0.2) is 0 Å². The fourth-order valence-corrected chi connectivity index (χ4v) is 2.25. The summed E-state index contributed by atoms with van der Waals surface area (Å²) in [6.45, 7) is 0. The molecule has 0 aliphatic rings. The molecule has 0 unspecified atom stereocenters. The van der Waals surface area contributed by atoms with E-state index in [0.717, 1.165) is 21.5 Å². The number of halogens is 1. The summed E-state index contributed by atoms with van der Waals surface area (Å²) in [6, 6.07) is 13.9. The summed E-state index contributed by atoms with van der Waals surface area (Å²) >= 11 is 0. The molecular weight excluding hydrogens is 255 g/mol. The summed E-state index contributed by atoms with van der Waals surface area (Å²) in [6.07, 6.45) is 0. The first kappa shape index (κ1) is 12.2. The first-order valence-electron chi connectivity index (χ1n) is 6.00. The zero-order valence-electron chi connectivity index (χ0n) is 10.4. The molecule has 1 N–H and O–H groups in total. The molecular formula is C17H9FO2. The lowest BCUT2D eigenvalue weighted by Crippen LogP contribution is -1.87. The van der Waals surface area contributed by atoms with Crippen molar-refractivity contribution in [3.8, 4) is 11.8 Å². The van der Waals surface area contributed by atoms with E-state index in [2.05, 4.69) is 11.8 Å². The Labute approximate surface area is 114 Å². The van der Waals surface area contributed by atoms with Crippen molar-refractivity contribution in [1.82, 2.24) is 0 Å². The maximum atomic E-state index is 13.2. The summed E-state index contributed by atoms with van der Waals surface area (Å²) in [4.78, 5) is 10.4. The maximum Gasteiger partial charge on any atom is 0.382 e. The molecule has 0 aromatic heterocycles. The highest BCUT2D eigenvalue weighted by Crippen LogP contribution is 2.26. The van der Waals surface area contributed by atoms with Crippen LogP contribution in [0.25, 0.3) is 21.5 Å². The molecule has 0 atom stereocenters. The molecule has 20 heavy (non-hydrogen) atoms. The summed E-state index contributed by atoms with van der Waals surface area (Å²) in [5.41, 5.74) is 0.640. The molecule has 0 saturated carbocycles. The van der Waals surface area contributed by atoms with Gasteiger partial charge in [0.25, 0.3) is 0 Å². The Balaban J connectivity index is 2.23. The van der Waals surface area contributed by atoms with Gasteiger partial charge in [-0.15, -0.1) is 0 Å². The number of aliphatic carboxylic acids is 1. The molecule has 0 aliphatic heterocycles. The second-order valence-corrected chi connectivity index (χ2v) is 4.42. The molecule has 0 amide bonds. The fraction of sp³-hybridized carbons (Fsp3) is 0. The van der Waals surface area contributed by atoms with Crippen molar-refractivity contribution in [3.05, 3.63) is 59.9 Å². The number of carboxylic acids is 1. The van der Waals surface area contributed by atoms with E-state index in [-0.39, 0.29) is 5.82 Å². The predicted molar refractivity (Wildman–Crippen MR) is 75.9 cm³/mol. The Bertz CT molecular complexity index is 901. The molecule has 3 heteroatoms. The summed E-state index contributed by atoms with van der Waals surface area (Å²) < 4.78 is 13.2. The van der Waals surface area contributed by atoms with E-state index < -0.39 is 5.97 Å².